The van der Waals surface area contributed by atoms with Crippen molar-refractivity contribution in [3.05, 3.63) is 21.3 Å². The molecule has 1 aromatic heterocycles. The number of hydrogen-bond donors (Lipinski definition) is 1. The minimum Gasteiger partial charge on any atom is -0.345 e. The van der Waals surface area contributed by atoms with E-state index in [9.17, 15) is 4.79 Å². The number of carbonyl (C=O) groups excluding carboxylic acids is 1. The van der Waals surface area contributed by atoms with E-state index in [-0.39, 0.29) is 11.4 Å². The number of alkyl halides is 1. The molecule has 14 heavy (non-hydrogen) atoms. The molecule has 0 unspecified atom stereocenters. The van der Waals surface area contributed by atoms with Crippen LogP contribution in [0.25, 0.3) is 0 Å². The Morgan fingerprint density at radius 1 is 1.57 bits per heavy atom. The average Bonchev–Trinajstić information content (AvgIpc) is 2.80. The molecule has 2 rings (SSSR count). The van der Waals surface area contributed by atoms with Gasteiger partial charge in [-0.25, -0.2) is 0 Å². The third-order valence-corrected chi connectivity index (χ3v) is 4.03. The molecule has 0 aliphatic heterocycles. The van der Waals surface area contributed by atoms with Gasteiger partial charge in [-0.05, 0) is 25.0 Å². The van der Waals surface area contributed by atoms with Gasteiger partial charge < -0.3 is 5.32 Å². The Hall–Kier alpha value is -0.250. The van der Waals surface area contributed by atoms with E-state index in [0.717, 1.165) is 12.8 Å². The van der Waals surface area contributed by atoms with E-state index in [4.69, 9.17) is 23.2 Å². The van der Waals surface area contributed by atoms with Crippen LogP contribution in [0.5, 0.6) is 0 Å². The Kier molecular flexibility index (Phi) is 2.73. The fourth-order valence-corrected chi connectivity index (χ4v) is 2.45. The van der Waals surface area contributed by atoms with Gasteiger partial charge in [0.2, 0.25) is 0 Å². The molecule has 1 aromatic rings. The Labute approximate surface area is 96.2 Å². The molecule has 0 saturated heterocycles. The van der Waals surface area contributed by atoms with Crippen LogP contribution in [-0.2, 0) is 0 Å². The molecule has 1 heterocycles. The fourth-order valence-electron chi connectivity index (χ4n) is 1.18. The molecule has 0 radical (unpaired) electrons. The lowest BCUT2D eigenvalue weighted by molar-refractivity contribution is 0.0940. The maximum Gasteiger partial charge on any atom is 0.261 e. The molecule has 1 fully saturated rings. The number of halogens is 2. The van der Waals surface area contributed by atoms with Gasteiger partial charge in [-0.1, -0.05) is 11.6 Å². The van der Waals surface area contributed by atoms with E-state index in [1.165, 1.54) is 11.3 Å². The van der Waals surface area contributed by atoms with Crippen molar-refractivity contribution in [2.45, 2.75) is 18.4 Å². The standard InChI is InChI=1S/C9H9Cl2NOS/c10-5-9(3-4-9)12-8(13)6-1-2-7(11)14-6/h1-2H,3-5H2,(H,12,13). The highest BCUT2D eigenvalue weighted by atomic mass is 35.5. The third-order valence-electron chi connectivity index (χ3n) is 2.29. The Morgan fingerprint density at radius 2 is 2.29 bits per heavy atom. The normalized spacial score (nSPS) is 17.9. The molecular formula is C9H9Cl2NOS. The third kappa shape index (κ3) is 2.05. The van der Waals surface area contributed by atoms with E-state index >= 15 is 0 Å². The van der Waals surface area contributed by atoms with Crippen LogP contribution in [0.4, 0.5) is 0 Å². The zero-order valence-electron chi connectivity index (χ0n) is 7.35. The summed E-state index contributed by atoms with van der Waals surface area (Å²) in [5.74, 6) is 0.415. The summed E-state index contributed by atoms with van der Waals surface area (Å²) in [6.45, 7) is 0. The van der Waals surface area contributed by atoms with Crippen molar-refractivity contribution in [2.75, 3.05) is 5.88 Å². The zero-order chi connectivity index (χ0) is 10.2. The number of rotatable bonds is 3. The van der Waals surface area contributed by atoms with Crippen LogP contribution >= 0.6 is 34.5 Å². The van der Waals surface area contributed by atoms with Gasteiger partial charge in [0, 0.05) is 5.88 Å². The van der Waals surface area contributed by atoms with Crippen LogP contribution in [0.15, 0.2) is 12.1 Å². The summed E-state index contributed by atoms with van der Waals surface area (Å²) in [6.07, 6.45) is 1.95. The average molecular weight is 250 g/mol. The first kappa shape index (κ1) is 10.3. The Bertz CT molecular complexity index is 359. The number of carbonyl (C=O) groups is 1. The lowest BCUT2D eigenvalue weighted by Gasteiger charge is -2.12. The van der Waals surface area contributed by atoms with Crippen LogP contribution in [0, 0.1) is 0 Å². The predicted molar refractivity (Wildman–Crippen MR) is 59.5 cm³/mol. The van der Waals surface area contributed by atoms with Crippen molar-refractivity contribution in [3.63, 3.8) is 0 Å². The molecule has 0 aromatic carbocycles. The molecule has 5 heteroatoms. The monoisotopic (exact) mass is 249 g/mol. The Morgan fingerprint density at radius 3 is 2.71 bits per heavy atom. The maximum absolute atomic E-state index is 11.7. The van der Waals surface area contributed by atoms with Gasteiger partial charge in [0.15, 0.2) is 0 Å². The zero-order valence-corrected chi connectivity index (χ0v) is 9.68. The summed E-state index contributed by atoms with van der Waals surface area (Å²) in [7, 11) is 0. The van der Waals surface area contributed by atoms with Crippen molar-refractivity contribution in [1.82, 2.24) is 5.32 Å². The molecule has 1 aliphatic rings. The van der Waals surface area contributed by atoms with E-state index in [1.54, 1.807) is 12.1 Å². The van der Waals surface area contributed by atoms with Gasteiger partial charge in [-0.15, -0.1) is 22.9 Å². The summed E-state index contributed by atoms with van der Waals surface area (Å²) < 4.78 is 0.630. The fraction of sp³-hybridized carbons (Fsp3) is 0.444. The molecule has 1 saturated carbocycles. The summed E-state index contributed by atoms with van der Waals surface area (Å²) >= 11 is 12.8. The lowest BCUT2D eigenvalue weighted by Crippen LogP contribution is -2.37. The quantitative estimate of drug-likeness (QED) is 0.821. The molecule has 1 N–H and O–H groups in total. The highest BCUT2D eigenvalue weighted by Gasteiger charge is 2.43. The van der Waals surface area contributed by atoms with Crippen molar-refractivity contribution in [1.29, 1.82) is 0 Å². The summed E-state index contributed by atoms with van der Waals surface area (Å²) in [6, 6.07) is 3.45. The molecule has 1 aliphatic carbocycles. The van der Waals surface area contributed by atoms with Crippen LogP contribution in [-0.4, -0.2) is 17.3 Å². The molecule has 0 spiro atoms. The van der Waals surface area contributed by atoms with Crippen molar-refractivity contribution < 1.29 is 4.79 Å². The van der Waals surface area contributed by atoms with Crippen LogP contribution in [0.1, 0.15) is 22.5 Å². The van der Waals surface area contributed by atoms with Crippen LogP contribution < -0.4 is 5.32 Å². The topological polar surface area (TPSA) is 29.1 Å². The van der Waals surface area contributed by atoms with Crippen molar-refractivity contribution in [3.8, 4) is 0 Å². The van der Waals surface area contributed by atoms with Gasteiger partial charge in [-0.2, -0.15) is 0 Å². The van der Waals surface area contributed by atoms with E-state index in [2.05, 4.69) is 5.32 Å². The number of thiophene rings is 1. The van der Waals surface area contributed by atoms with E-state index < -0.39 is 0 Å². The van der Waals surface area contributed by atoms with Crippen molar-refractivity contribution >= 4 is 40.4 Å². The van der Waals surface area contributed by atoms with Crippen LogP contribution in [0.2, 0.25) is 4.34 Å². The summed E-state index contributed by atoms with van der Waals surface area (Å²) in [5, 5.41) is 2.93. The Balaban J connectivity index is 2.03. The first-order valence-electron chi connectivity index (χ1n) is 4.29. The molecular weight excluding hydrogens is 241 g/mol. The summed E-state index contributed by atoms with van der Waals surface area (Å²) in [5.41, 5.74) is -0.144. The summed E-state index contributed by atoms with van der Waals surface area (Å²) in [4.78, 5) is 12.3. The van der Waals surface area contributed by atoms with Gasteiger partial charge >= 0.3 is 0 Å². The molecule has 1 amide bonds. The largest absolute Gasteiger partial charge is 0.345 e. The first-order chi connectivity index (χ1) is 6.65. The SMILES string of the molecule is O=C(NC1(CCl)CC1)c1ccc(Cl)s1. The van der Waals surface area contributed by atoms with Crippen LogP contribution in [0.3, 0.4) is 0 Å². The number of amides is 1. The second-order valence-electron chi connectivity index (χ2n) is 3.47. The van der Waals surface area contributed by atoms with Gasteiger partial charge in [0.25, 0.3) is 5.91 Å². The van der Waals surface area contributed by atoms with Gasteiger partial charge in [0.05, 0.1) is 14.8 Å². The highest BCUT2D eigenvalue weighted by Crippen LogP contribution is 2.37. The van der Waals surface area contributed by atoms with Gasteiger partial charge in [0.1, 0.15) is 0 Å². The number of hydrogen-bond acceptors (Lipinski definition) is 2. The second-order valence-corrected chi connectivity index (χ2v) is 5.45. The van der Waals surface area contributed by atoms with E-state index in [1.807, 2.05) is 0 Å². The van der Waals surface area contributed by atoms with E-state index in [0.29, 0.717) is 15.1 Å². The second kappa shape index (κ2) is 3.72. The number of nitrogens with one attached hydrogen (secondary N) is 1. The molecule has 0 atom stereocenters. The molecule has 2 nitrogen and oxygen atoms in total. The highest BCUT2D eigenvalue weighted by molar-refractivity contribution is 7.18. The molecule has 76 valence electrons. The maximum atomic E-state index is 11.7. The minimum absolute atomic E-state index is 0.0694. The lowest BCUT2D eigenvalue weighted by atomic mass is 10.3. The molecule has 0 bridgehead atoms. The van der Waals surface area contributed by atoms with Crippen molar-refractivity contribution in [2.24, 2.45) is 0 Å². The smallest absolute Gasteiger partial charge is 0.261 e. The first-order valence-corrected chi connectivity index (χ1v) is 6.02. The van der Waals surface area contributed by atoms with Gasteiger partial charge in [-0.3, -0.25) is 4.79 Å². The minimum atomic E-state index is -0.144. The predicted octanol–water partition coefficient (Wildman–Crippen LogP) is 2.90.